The average Bonchev–Trinajstić information content (AvgIpc) is 3.27. The number of ether oxygens (including phenoxy) is 1. The molecule has 0 fully saturated rings. The molecular formula is C27H23FN4O4. The number of amides is 3. The highest BCUT2D eigenvalue weighted by atomic mass is 19.1. The summed E-state index contributed by atoms with van der Waals surface area (Å²) >= 11 is 0. The molecule has 2 atom stereocenters. The van der Waals surface area contributed by atoms with Crippen molar-refractivity contribution in [3.63, 3.8) is 0 Å². The Bertz CT molecular complexity index is 1460. The highest BCUT2D eigenvalue weighted by Crippen LogP contribution is 2.32. The van der Waals surface area contributed by atoms with Crippen LogP contribution in [0.15, 0.2) is 72.9 Å². The molecule has 36 heavy (non-hydrogen) atoms. The standard InChI is InChI=1S/C27H23FN4O4/c1-15-25(33)31-22-13-19(10-11-24(22)36-15)30-27(35)23(32-26(34)16-6-8-18(28)9-7-16)12-17-14-29-21-5-3-2-4-20(17)21/h2-11,13-15,23,29H,12H2,1H3,(H,30,35)(H,31,33)(H,32,34)/t15?,23-/m0/s1. The number of anilines is 2. The number of hydrogen-bond donors (Lipinski definition) is 4. The van der Waals surface area contributed by atoms with Gasteiger partial charge in [-0.05, 0) is 61.0 Å². The Balaban J connectivity index is 1.39. The molecule has 0 saturated heterocycles. The van der Waals surface area contributed by atoms with Gasteiger partial charge < -0.3 is 25.7 Å². The lowest BCUT2D eigenvalue weighted by molar-refractivity contribution is -0.122. The van der Waals surface area contributed by atoms with Crippen molar-refractivity contribution in [2.75, 3.05) is 10.6 Å². The van der Waals surface area contributed by atoms with Gasteiger partial charge >= 0.3 is 0 Å². The molecule has 4 aromatic rings. The van der Waals surface area contributed by atoms with Crippen LogP contribution in [-0.2, 0) is 16.0 Å². The first kappa shape index (κ1) is 23.1. The minimum absolute atomic E-state index is 0.213. The van der Waals surface area contributed by atoms with Crippen LogP contribution in [0, 0.1) is 5.82 Å². The van der Waals surface area contributed by atoms with Crippen molar-refractivity contribution in [2.45, 2.75) is 25.5 Å². The zero-order valence-corrected chi connectivity index (χ0v) is 19.3. The smallest absolute Gasteiger partial charge is 0.265 e. The summed E-state index contributed by atoms with van der Waals surface area (Å²) in [7, 11) is 0. The Morgan fingerprint density at radius 3 is 2.67 bits per heavy atom. The Labute approximate surface area is 205 Å². The second-order valence-corrected chi connectivity index (χ2v) is 8.55. The average molecular weight is 487 g/mol. The summed E-state index contributed by atoms with van der Waals surface area (Å²) in [6.45, 7) is 1.65. The summed E-state index contributed by atoms with van der Waals surface area (Å²) < 4.78 is 18.9. The van der Waals surface area contributed by atoms with E-state index in [1.807, 2.05) is 30.5 Å². The lowest BCUT2D eigenvalue weighted by atomic mass is 10.0. The summed E-state index contributed by atoms with van der Waals surface area (Å²) in [5.41, 5.74) is 2.87. The topological polar surface area (TPSA) is 112 Å². The van der Waals surface area contributed by atoms with E-state index in [0.717, 1.165) is 16.5 Å². The largest absolute Gasteiger partial charge is 0.479 e. The third-order valence-electron chi connectivity index (χ3n) is 6.01. The predicted molar refractivity (Wildman–Crippen MR) is 133 cm³/mol. The van der Waals surface area contributed by atoms with Crippen LogP contribution in [0.2, 0.25) is 0 Å². The van der Waals surface area contributed by atoms with Crippen molar-refractivity contribution in [3.05, 3.63) is 89.9 Å². The van der Waals surface area contributed by atoms with E-state index in [1.165, 1.54) is 24.3 Å². The zero-order valence-electron chi connectivity index (χ0n) is 19.3. The van der Waals surface area contributed by atoms with Crippen molar-refractivity contribution in [2.24, 2.45) is 0 Å². The van der Waals surface area contributed by atoms with Gasteiger partial charge in [-0.25, -0.2) is 4.39 Å². The van der Waals surface area contributed by atoms with Gasteiger partial charge in [0.05, 0.1) is 5.69 Å². The van der Waals surface area contributed by atoms with Crippen LogP contribution in [-0.4, -0.2) is 34.9 Å². The first-order valence-corrected chi connectivity index (χ1v) is 11.4. The van der Waals surface area contributed by atoms with Crippen LogP contribution in [0.1, 0.15) is 22.8 Å². The molecule has 4 N–H and O–H groups in total. The van der Waals surface area contributed by atoms with Crippen LogP contribution in [0.5, 0.6) is 5.75 Å². The molecular weight excluding hydrogens is 463 g/mol. The van der Waals surface area contributed by atoms with E-state index >= 15 is 0 Å². The lowest BCUT2D eigenvalue weighted by Gasteiger charge is -2.24. The molecule has 182 valence electrons. The molecule has 9 heteroatoms. The molecule has 1 unspecified atom stereocenters. The Hall–Kier alpha value is -4.66. The molecule has 0 bridgehead atoms. The van der Waals surface area contributed by atoms with Gasteiger partial charge in [0.25, 0.3) is 11.8 Å². The molecule has 0 spiro atoms. The van der Waals surface area contributed by atoms with Crippen LogP contribution in [0.25, 0.3) is 10.9 Å². The number of carbonyl (C=O) groups is 3. The number of para-hydroxylation sites is 1. The number of halogens is 1. The van der Waals surface area contributed by atoms with Crippen molar-refractivity contribution in [3.8, 4) is 5.75 Å². The fourth-order valence-electron chi connectivity index (χ4n) is 4.09. The number of aromatic amines is 1. The zero-order chi connectivity index (χ0) is 25.2. The Morgan fingerprint density at radius 2 is 1.86 bits per heavy atom. The fraction of sp³-hybridized carbons (Fsp3) is 0.148. The maximum absolute atomic E-state index is 13.4. The summed E-state index contributed by atoms with van der Waals surface area (Å²) in [6, 6.07) is 16.7. The van der Waals surface area contributed by atoms with E-state index < -0.39 is 29.8 Å². The molecule has 2 heterocycles. The van der Waals surface area contributed by atoms with Gasteiger partial charge in [0, 0.05) is 34.8 Å². The minimum atomic E-state index is -0.941. The second-order valence-electron chi connectivity index (χ2n) is 8.55. The first-order valence-electron chi connectivity index (χ1n) is 11.4. The number of hydrogen-bond acceptors (Lipinski definition) is 4. The molecule has 0 saturated carbocycles. The van der Waals surface area contributed by atoms with E-state index in [2.05, 4.69) is 20.9 Å². The Kier molecular flexibility index (Phi) is 6.12. The summed E-state index contributed by atoms with van der Waals surface area (Å²) in [5.74, 6) is -1.20. The number of H-pyrrole nitrogens is 1. The molecule has 1 aliphatic heterocycles. The van der Waals surface area contributed by atoms with E-state index in [9.17, 15) is 18.8 Å². The van der Waals surface area contributed by atoms with Crippen molar-refractivity contribution in [1.82, 2.24) is 10.3 Å². The van der Waals surface area contributed by atoms with E-state index in [4.69, 9.17) is 4.74 Å². The van der Waals surface area contributed by atoms with Crippen LogP contribution >= 0.6 is 0 Å². The van der Waals surface area contributed by atoms with Crippen molar-refractivity contribution >= 4 is 40.0 Å². The van der Waals surface area contributed by atoms with E-state index in [1.54, 1.807) is 25.1 Å². The van der Waals surface area contributed by atoms with Crippen LogP contribution in [0.3, 0.4) is 0 Å². The summed E-state index contributed by atoms with van der Waals surface area (Å²) in [4.78, 5) is 41.4. The van der Waals surface area contributed by atoms with Gasteiger partial charge in [-0.3, -0.25) is 14.4 Å². The van der Waals surface area contributed by atoms with E-state index in [-0.39, 0.29) is 17.9 Å². The number of carbonyl (C=O) groups excluding carboxylic acids is 3. The SMILES string of the molecule is CC1Oc2ccc(NC(=O)[C@H](Cc3c[nH]c4ccccc34)NC(=O)c3ccc(F)cc3)cc2NC1=O. The maximum atomic E-state index is 13.4. The number of rotatable bonds is 6. The van der Waals surface area contributed by atoms with Crippen molar-refractivity contribution in [1.29, 1.82) is 0 Å². The van der Waals surface area contributed by atoms with Gasteiger partial charge in [0.2, 0.25) is 5.91 Å². The minimum Gasteiger partial charge on any atom is -0.479 e. The van der Waals surface area contributed by atoms with Gasteiger partial charge in [-0.1, -0.05) is 18.2 Å². The number of fused-ring (bicyclic) bond motifs is 2. The Morgan fingerprint density at radius 1 is 1.08 bits per heavy atom. The van der Waals surface area contributed by atoms with Gasteiger partial charge in [0.15, 0.2) is 6.10 Å². The first-order chi connectivity index (χ1) is 17.4. The lowest BCUT2D eigenvalue weighted by Crippen LogP contribution is -2.45. The maximum Gasteiger partial charge on any atom is 0.265 e. The third-order valence-corrected chi connectivity index (χ3v) is 6.01. The normalized spacial score (nSPS) is 15.4. The summed E-state index contributed by atoms with van der Waals surface area (Å²) in [5, 5.41) is 9.27. The number of nitrogens with one attached hydrogen (secondary N) is 4. The number of aromatic nitrogens is 1. The second kappa shape index (κ2) is 9.53. The molecule has 0 aliphatic carbocycles. The quantitative estimate of drug-likeness (QED) is 0.330. The third kappa shape index (κ3) is 4.76. The van der Waals surface area contributed by atoms with Crippen molar-refractivity contribution < 1.29 is 23.5 Å². The monoisotopic (exact) mass is 486 g/mol. The molecule has 1 aliphatic rings. The van der Waals surface area contributed by atoms with Crippen LogP contribution in [0.4, 0.5) is 15.8 Å². The molecule has 3 amide bonds. The highest BCUT2D eigenvalue weighted by molar-refractivity contribution is 6.03. The molecule has 0 radical (unpaired) electrons. The van der Waals surface area contributed by atoms with Crippen LogP contribution < -0.4 is 20.7 Å². The molecule has 8 nitrogen and oxygen atoms in total. The molecule has 5 rings (SSSR count). The van der Waals surface area contributed by atoms with Gasteiger partial charge in [-0.2, -0.15) is 0 Å². The van der Waals surface area contributed by atoms with Gasteiger partial charge in [-0.15, -0.1) is 0 Å². The summed E-state index contributed by atoms with van der Waals surface area (Å²) in [6.07, 6.45) is 1.41. The molecule has 3 aromatic carbocycles. The molecule has 1 aromatic heterocycles. The number of benzene rings is 3. The van der Waals surface area contributed by atoms with Gasteiger partial charge in [0.1, 0.15) is 17.6 Å². The predicted octanol–water partition coefficient (Wildman–Crippen LogP) is 4.01. The fourth-order valence-corrected chi connectivity index (χ4v) is 4.09. The van der Waals surface area contributed by atoms with E-state index in [0.29, 0.717) is 17.1 Å². The highest BCUT2D eigenvalue weighted by Gasteiger charge is 2.26.